The molecule has 1 aliphatic heterocycles. The fourth-order valence-corrected chi connectivity index (χ4v) is 5.28. The second-order valence-electron chi connectivity index (χ2n) is 10.5. The zero-order valence-corrected chi connectivity index (χ0v) is 22.0. The van der Waals surface area contributed by atoms with E-state index in [4.69, 9.17) is 5.73 Å². The lowest BCUT2D eigenvalue weighted by atomic mass is 9.69. The van der Waals surface area contributed by atoms with Crippen LogP contribution in [0.2, 0.25) is 0 Å². The number of alkyl halides is 3. The van der Waals surface area contributed by atoms with E-state index in [0.29, 0.717) is 36.1 Å². The van der Waals surface area contributed by atoms with E-state index in [0.717, 1.165) is 12.1 Å². The van der Waals surface area contributed by atoms with E-state index in [2.05, 4.69) is 10.3 Å². The van der Waals surface area contributed by atoms with Crippen LogP contribution in [-0.4, -0.2) is 36.6 Å². The van der Waals surface area contributed by atoms with E-state index in [-0.39, 0.29) is 11.6 Å². The number of benzodiazepines with no additional fused rings is 1. The smallest absolute Gasteiger partial charge is 0.369 e. The minimum Gasteiger partial charge on any atom is -0.369 e. The fraction of sp³-hybridized carbons (Fsp3) is 0.379. The molecule has 0 aromatic heterocycles. The molecule has 0 saturated heterocycles. The quantitative estimate of drug-likeness (QED) is 0.507. The summed E-state index contributed by atoms with van der Waals surface area (Å²) in [5.41, 5.74) is 5.51. The Bertz CT molecular complexity index is 1320. The Morgan fingerprint density at radius 1 is 1.10 bits per heavy atom. The molecule has 10 heteroatoms. The first-order valence-electron chi connectivity index (χ1n) is 12.7. The van der Waals surface area contributed by atoms with Crippen molar-refractivity contribution in [2.24, 2.45) is 28.0 Å². The van der Waals surface area contributed by atoms with Gasteiger partial charge in [0.1, 0.15) is 0 Å². The maximum Gasteiger partial charge on any atom is 0.416 e. The molecule has 0 fully saturated rings. The number of carbonyl (C=O) groups is 3. The number of fused-ring (bicyclic) bond motifs is 1. The number of aliphatic imine (C=N–C) groups is 1. The molecule has 2 aliphatic rings. The summed E-state index contributed by atoms with van der Waals surface area (Å²) in [6.07, 6.45) is -1.23. The predicted molar refractivity (Wildman–Crippen MR) is 142 cm³/mol. The average molecular weight is 541 g/mol. The number of anilines is 1. The van der Waals surface area contributed by atoms with Gasteiger partial charge in [-0.2, -0.15) is 13.2 Å². The molecule has 206 valence electrons. The number of amides is 3. The first-order chi connectivity index (χ1) is 18.3. The van der Waals surface area contributed by atoms with Gasteiger partial charge in [-0.1, -0.05) is 56.3 Å². The van der Waals surface area contributed by atoms with Crippen molar-refractivity contribution in [1.29, 1.82) is 0 Å². The number of hydrogen-bond acceptors (Lipinski definition) is 4. The number of benzene rings is 2. The van der Waals surface area contributed by atoms with Gasteiger partial charge in [0.05, 0.1) is 28.3 Å². The molecule has 1 aliphatic carbocycles. The van der Waals surface area contributed by atoms with Gasteiger partial charge in [-0.15, -0.1) is 0 Å². The molecule has 1 heterocycles. The zero-order chi connectivity index (χ0) is 28.5. The number of allylic oxidation sites excluding steroid dienone is 2. The highest BCUT2D eigenvalue weighted by atomic mass is 19.4. The second kappa shape index (κ2) is 10.7. The van der Waals surface area contributed by atoms with Gasteiger partial charge in [0, 0.05) is 18.2 Å². The topological polar surface area (TPSA) is 105 Å². The molecule has 0 saturated carbocycles. The molecule has 7 nitrogen and oxygen atoms in total. The molecule has 2 atom stereocenters. The number of primary amides is 1. The Balaban J connectivity index is 1.76. The summed E-state index contributed by atoms with van der Waals surface area (Å²) in [6, 6.07) is 11.4. The molecule has 2 aromatic carbocycles. The SMILES string of the molecule is CC(C)CC(C(=O)NC1N=C(c2ccc(C(F)(F)F)cc2)c2ccccc2N(C)C1=O)C1(C(N)=O)CC=CC1. The third-order valence-electron chi connectivity index (χ3n) is 7.42. The van der Waals surface area contributed by atoms with Crippen molar-refractivity contribution >= 4 is 29.1 Å². The number of halogens is 3. The summed E-state index contributed by atoms with van der Waals surface area (Å²) < 4.78 is 39.6. The molecule has 0 spiro atoms. The number of likely N-dealkylation sites (N-methyl/N-ethyl adjacent to an activating group) is 1. The molecular formula is C29H31F3N4O3. The number of nitrogens with zero attached hydrogens (tertiary/aromatic N) is 2. The van der Waals surface area contributed by atoms with E-state index in [1.807, 2.05) is 26.0 Å². The summed E-state index contributed by atoms with van der Waals surface area (Å²) in [5.74, 6) is -2.39. The Labute approximate surface area is 225 Å². The largest absolute Gasteiger partial charge is 0.416 e. The van der Waals surface area contributed by atoms with Crippen molar-refractivity contribution in [1.82, 2.24) is 5.32 Å². The first-order valence-corrected chi connectivity index (χ1v) is 12.7. The van der Waals surface area contributed by atoms with E-state index in [1.54, 1.807) is 31.3 Å². The summed E-state index contributed by atoms with van der Waals surface area (Å²) in [7, 11) is 1.54. The van der Waals surface area contributed by atoms with Crippen molar-refractivity contribution in [3.05, 3.63) is 77.4 Å². The van der Waals surface area contributed by atoms with Crippen LogP contribution in [0.4, 0.5) is 18.9 Å². The van der Waals surface area contributed by atoms with Gasteiger partial charge in [-0.05, 0) is 43.4 Å². The standard InChI is InChI=1S/C29H31F3N4O3/c1-17(2)16-21(28(27(33)39)14-6-7-15-28)25(37)35-24-26(38)36(3)22-9-5-4-8-20(22)23(34-24)18-10-12-19(13-11-18)29(30,31)32/h4-13,17,21,24H,14-16H2,1-3H3,(H2,33,39)(H,35,37). The number of carbonyl (C=O) groups excluding carboxylic acids is 3. The number of nitrogens with two attached hydrogens (primary N) is 1. The molecule has 4 rings (SSSR count). The summed E-state index contributed by atoms with van der Waals surface area (Å²) in [6.45, 7) is 3.86. The number of para-hydroxylation sites is 1. The molecular weight excluding hydrogens is 509 g/mol. The van der Waals surface area contributed by atoms with Crippen LogP contribution in [0, 0.1) is 17.3 Å². The van der Waals surface area contributed by atoms with Crippen LogP contribution >= 0.6 is 0 Å². The maximum atomic E-state index is 13.8. The summed E-state index contributed by atoms with van der Waals surface area (Å²) >= 11 is 0. The first kappa shape index (κ1) is 28.1. The van der Waals surface area contributed by atoms with Crippen molar-refractivity contribution < 1.29 is 27.6 Å². The van der Waals surface area contributed by atoms with Crippen molar-refractivity contribution in [2.45, 2.75) is 45.5 Å². The third-order valence-corrected chi connectivity index (χ3v) is 7.42. The molecule has 2 unspecified atom stereocenters. The molecule has 3 N–H and O–H groups in total. The molecule has 0 radical (unpaired) electrons. The Morgan fingerprint density at radius 2 is 1.72 bits per heavy atom. The van der Waals surface area contributed by atoms with Gasteiger partial charge in [-0.3, -0.25) is 14.4 Å². The lowest BCUT2D eigenvalue weighted by Crippen LogP contribution is -2.53. The van der Waals surface area contributed by atoms with Crippen LogP contribution in [-0.2, 0) is 20.6 Å². The molecule has 2 aromatic rings. The highest BCUT2D eigenvalue weighted by Crippen LogP contribution is 2.43. The van der Waals surface area contributed by atoms with Crippen LogP contribution in [0.1, 0.15) is 49.8 Å². The predicted octanol–water partition coefficient (Wildman–Crippen LogP) is 4.45. The lowest BCUT2D eigenvalue weighted by Gasteiger charge is -2.35. The number of rotatable bonds is 7. The highest BCUT2D eigenvalue weighted by molar-refractivity contribution is 6.20. The van der Waals surface area contributed by atoms with Gasteiger partial charge in [0.25, 0.3) is 5.91 Å². The van der Waals surface area contributed by atoms with Gasteiger partial charge in [0.15, 0.2) is 0 Å². The van der Waals surface area contributed by atoms with Crippen molar-refractivity contribution in [3.63, 3.8) is 0 Å². The van der Waals surface area contributed by atoms with E-state index >= 15 is 0 Å². The van der Waals surface area contributed by atoms with Crippen LogP contribution in [0.25, 0.3) is 0 Å². The van der Waals surface area contributed by atoms with E-state index in [1.165, 1.54) is 17.0 Å². The molecule has 0 bridgehead atoms. The van der Waals surface area contributed by atoms with E-state index < -0.39 is 47.0 Å². The van der Waals surface area contributed by atoms with Crippen molar-refractivity contribution in [3.8, 4) is 0 Å². The van der Waals surface area contributed by atoms with Gasteiger partial charge >= 0.3 is 6.18 Å². The van der Waals surface area contributed by atoms with Crippen molar-refractivity contribution in [2.75, 3.05) is 11.9 Å². The third kappa shape index (κ3) is 5.46. The van der Waals surface area contributed by atoms with Crippen LogP contribution in [0.3, 0.4) is 0 Å². The summed E-state index contributed by atoms with van der Waals surface area (Å²) in [5, 5.41) is 2.74. The normalized spacial score (nSPS) is 19.4. The van der Waals surface area contributed by atoms with Gasteiger partial charge in [-0.25, -0.2) is 4.99 Å². The minimum absolute atomic E-state index is 0.0561. The number of nitrogens with one attached hydrogen (secondary N) is 1. The van der Waals surface area contributed by atoms with Crippen LogP contribution < -0.4 is 16.0 Å². The Morgan fingerprint density at radius 3 is 2.28 bits per heavy atom. The Kier molecular flexibility index (Phi) is 7.68. The van der Waals surface area contributed by atoms with Crippen LogP contribution in [0.15, 0.2) is 65.7 Å². The van der Waals surface area contributed by atoms with Crippen LogP contribution in [0.5, 0.6) is 0 Å². The van der Waals surface area contributed by atoms with Gasteiger partial charge in [0.2, 0.25) is 18.0 Å². The minimum atomic E-state index is -4.51. The number of hydrogen-bond donors (Lipinski definition) is 2. The second-order valence-corrected chi connectivity index (χ2v) is 10.5. The highest BCUT2D eigenvalue weighted by Gasteiger charge is 2.49. The van der Waals surface area contributed by atoms with E-state index in [9.17, 15) is 27.6 Å². The fourth-order valence-electron chi connectivity index (χ4n) is 5.28. The average Bonchev–Trinajstić information content (AvgIpc) is 3.36. The molecule has 3 amide bonds. The summed E-state index contributed by atoms with van der Waals surface area (Å²) in [4.78, 5) is 45.9. The van der Waals surface area contributed by atoms with Gasteiger partial charge < -0.3 is 16.0 Å². The molecule has 39 heavy (non-hydrogen) atoms. The monoisotopic (exact) mass is 540 g/mol. The maximum absolute atomic E-state index is 13.8. The lowest BCUT2D eigenvalue weighted by molar-refractivity contribution is -0.141. The Hall–Kier alpha value is -3.95. The zero-order valence-electron chi connectivity index (χ0n) is 22.0.